The van der Waals surface area contributed by atoms with E-state index in [0.717, 1.165) is 0 Å². The molecule has 11 heavy (non-hydrogen) atoms. The molecule has 0 aliphatic heterocycles. The Labute approximate surface area is 65.8 Å². The van der Waals surface area contributed by atoms with Crippen LogP contribution in [-0.4, -0.2) is 35.5 Å². The minimum absolute atomic E-state index is 0.0451. The highest BCUT2D eigenvalue weighted by molar-refractivity contribution is 5.49. The standard InChI is InChI=1S/C7H14O4/c1-2-6(5-9)11-7(10)3-4-8/h4,6-7,9-10H,2-3,5H2,1H3. The number of aliphatic hydroxyl groups is 2. The first kappa shape index (κ1) is 10.6. The van der Waals surface area contributed by atoms with E-state index in [9.17, 15) is 4.79 Å². The molecule has 0 fully saturated rings. The van der Waals surface area contributed by atoms with Crippen LogP contribution >= 0.6 is 0 Å². The normalized spacial score (nSPS) is 15.9. The highest BCUT2D eigenvalue weighted by Crippen LogP contribution is 2.01. The predicted molar refractivity (Wildman–Crippen MR) is 38.9 cm³/mol. The van der Waals surface area contributed by atoms with Crippen molar-refractivity contribution >= 4 is 6.29 Å². The Kier molecular flexibility index (Phi) is 6.02. The third-order valence-corrected chi connectivity index (χ3v) is 1.31. The van der Waals surface area contributed by atoms with Crippen LogP contribution in [0.1, 0.15) is 19.8 Å². The summed E-state index contributed by atoms with van der Waals surface area (Å²) in [6.07, 6.45) is -0.299. The topological polar surface area (TPSA) is 66.8 Å². The van der Waals surface area contributed by atoms with E-state index in [0.29, 0.717) is 12.7 Å². The number of hydrogen-bond donors (Lipinski definition) is 2. The van der Waals surface area contributed by atoms with Crippen LogP contribution in [0.15, 0.2) is 0 Å². The lowest BCUT2D eigenvalue weighted by Gasteiger charge is -2.16. The summed E-state index contributed by atoms with van der Waals surface area (Å²) in [4.78, 5) is 9.87. The Morgan fingerprint density at radius 1 is 1.64 bits per heavy atom. The third kappa shape index (κ3) is 4.89. The maximum atomic E-state index is 9.87. The van der Waals surface area contributed by atoms with Gasteiger partial charge in [-0.2, -0.15) is 0 Å². The van der Waals surface area contributed by atoms with Gasteiger partial charge in [-0.25, -0.2) is 0 Å². The quantitative estimate of drug-likeness (QED) is 0.415. The molecule has 0 aliphatic carbocycles. The number of ether oxygens (including phenoxy) is 1. The van der Waals surface area contributed by atoms with Crippen molar-refractivity contribution in [3.05, 3.63) is 0 Å². The average molecular weight is 162 g/mol. The van der Waals surface area contributed by atoms with E-state index in [1.54, 1.807) is 0 Å². The summed E-state index contributed by atoms with van der Waals surface area (Å²) >= 11 is 0. The summed E-state index contributed by atoms with van der Waals surface area (Å²) in [7, 11) is 0. The van der Waals surface area contributed by atoms with Crippen LogP contribution < -0.4 is 0 Å². The van der Waals surface area contributed by atoms with Crippen LogP contribution in [-0.2, 0) is 9.53 Å². The van der Waals surface area contributed by atoms with Crippen molar-refractivity contribution in [3.8, 4) is 0 Å². The van der Waals surface area contributed by atoms with E-state index in [1.165, 1.54) is 0 Å². The number of hydrogen-bond acceptors (Lipinski definition) is 4. The first-order valence-corrected chi connectivity index (χ1v) is 3.62. The first-order valence-electron chi connectivity index (χ1n) is 3.62. The minimum atomic E-state index is -1.08. The van der Waals surface area contributed by atoms with Crippen molar-refractivity contribution in [2.75, 3.05) is 6.61 Å². The summed E-state index contributed by atoms with van der Waals surface area (Å²) in [6, 6.07) is 0. The Morgan fingerprint density at radius 3 is 2.64 bits per heavy atom. The van der Waals surface area contributed by atoms with Crippen molar-refractivity contribution in [1.82, 2.24) is 0 Å². The third-order valence-electron chi connectivity index (χ3n) is 1.31. The SMILES string of the molecule is CCC(CO)OC(O)CC=O. The van der Waals surface area contributed by atoms with E-state index in [1.807, 2.05) is 6.92 Å². The molecule has 0 aliphatic rings. The molecule has 0 aromatic rings. The van der Waals surface area contributed by atoms with E-state index < -0.39 is 6.29 Å². The molecule has 0 aromatic heterocycles. The van der Waals surface area contributed by atoms with Gasteiger partial charge in [-0.1, -0.05) is 6.92 Å². The van der Waals surface area contributed by atoms with Crippen molar-refractivity contribution in [1.29, 1.82) is 0 Å². The van der Waals surface area contributed by atoms with Crippen LogP contribution in [0.5, 0.6) is 0 Å². The summed E-state index contributed by atoms with van der Waals surface area (Å²) in [5.41, 5.74) is 0. The molecule has 2 unspecified atom stereocenters. The Morgan fingerprint density at radius 2 is 2.27 bits per heavy atom. The maximum Gasteiger partial charge on any atom is 0.161 e. The molecule has 4 nitrogen and oxygen atoms in total. The van der Waals surface area contributed by atoms with Gasteiger partial charge < -0.3 is 19.7 Å². The maximum absolute atomic E-state index is 9.87. The molecule has 4 heteroatoms. The van der Waals surface area contributed by atoms with Gasteiger partial charge in [-0.05, 0) is 6.42 Å². The van der Waals surface area contributed by atoms with Crippen molar-refractivity contribution in [3.63, 3.8) is 0 Å². The smallest absolute Gasteiger partial charge is 0.161 e. The fourth-order valence-electron chi connectivity index (χ4n) is 0.628. The molecule has 0 bridgehead atoms. The molecule has 66 valence electrons. The van der Waals surface area contributed by atoms with Crippen LogP contribution in [0.3, 0.4) is 0 Å². The van der Waals surface area contributed by atoms with Gasteiger partial charge in [0.05, 0.1) is 19.1 Å². The molecule has 0 saturated carbocycles. The molecule has 0 aromatic carbocycles. The summed E-state index contributed by atoms with van der Waals surface area (Å²) in [5, 5.41) is 17.5. The largest absolute Gasteiger partial charge is 0.394 e. The lowest BCUT2D eigenvalue weighted by Crippen LogP contribution is -2.24. The van der Waals surface area contributed by atoms with E-state index in [4.69, 9.17) is 14.9 Å². The minimum Gasteiger partial charge on any atom is -0.394 e. The van der Waals surface area contributed by atoms with Crippen molar-refractivity contribution in [2.24, 2.45) is 0 Å². The molecule has 0 spiro atoms. The molecule has 2 atom stereocenters. The predicted octanol–water partition coefficient (Wildman–Crippen LogP) is -0.319. The number of aliphatic hydroxyl groups excluding tert-OH is 2. The van der Waals surface area contributed by atoms with Crippen molar-refractivity contribution in [2.45, 2.75) is 32.2 Å². The van der Waals surface area contributed by atoms with Gasteiger partial charge in [0.25, 0.3) is 0 Å². The Hall–Kier alpha value is -0.450. The second-order valence-electron chi connectivity index (χ2n) is 2.21. The van der Waals surface area contributed by atoms with Gasteiger partial charge in [0, 0.05) is 0 Å². The van der Waals surface area contributed by atoms with Gasteiger partial charge in [0.15, 0.2) is 6.29 Å². The van der Waals surface area contributed by atoms with Gasteiger partial charge in [-0.15, -0.1) is 0 Å². The number of carbonyl (C=O) groups excluding carboxylic acids is 1. The lowest BCUT2D eigenvalue weighted by atomic mass is 10.3. The highest BCUT2D eigenvalue weighted by Gasteiger charge is 2.10. The molecule has 0 rings (SSSR count). The Balaban J connectivity index is 3.52. The molecule has 2 N–H and O–H groups in total. The van der Waals surface area contributed by atoms with Crippen molar-refractivity contribution < 1.29 is 19.7 Å². The second kappa shape index (κ2) is 6.27. The first-order chi connectivity index (χ1) is 5.24. The molecule has 0 heterocycles. The van der Waals surface area contributed by atoms with Gasteiger partial charge >= 0.3 is 0 Å². The fraction of sp³-hybridized carbons (Fsp3) is 0.857. The zero-order valence-electron chi connectivity index (χ0n) is 6.56. The molecular formula is C7H14O4. The summed E-state index contributed by atoms with van der Waals surface area (Å²) in [6.45, 7) is 1.70. The van der Waals surface area contributed by atoms with E-state index >= 15 is 0 Å². The molecule has 0 saturated heterocycles. The summed E-state index contributed by atoms with van der Waals surface area (Å²) < 4.78 is 4.86. The lowest BCUT2D eigenvalue weighted by molar-refractivity contribution is -0.153. The molecule has 0 radical (unpaired) electrons. The van der Waals surface area contributed by atoms with Gasteiger partial charge in [0.1, 0.15) is 6.29 Å². The van der Waals surface area contributed by atoms with Gasteiger partial charge in [-0.3, -0.25) is 0 Å². The Bertz CT molecular complexity index is 101. The van der Waals surface area contributed by atoms with E-state index in [2.05, 4.69) is 0 Å². The zero-order valence-corrected chi connectivity index (χ0v) is 6.56. The van der Waals surface area contributed by atoms with Gasteiger partial charge in [0.2, 0.25) is 0 Å². The fourth-order valence-corrected chi connectivity index (χ4v) is 0.628. The average Bonchev–Trinajstić information content (AvgIpc) is 2.01. The molecule has 0 amide bonds. The molecular weight excluding hydrogens is 148 g/mol. The van der Waals surface area contributed by atoms with E-state index in [-0.39, 0.29) is 19.1 Å². The van der Waals surface area contributed by atoms with Crippen LogP contribution in [0.4, 0.5) is 0 Å². The second-order valence-corrected chi connectivity index (χ2v) is 2.21. The highest BCUT2D eigenvalue weighted by atomic mass is 16.6. The zero-order chi connectivity index (χ0) is 8.69. The summed E-state index contributed by atoms with van der Waals surface area (Å²) in [5.74, 6) is 0. The van der Waals surface area contributed by atoms with Crippen LogP contribution in [0.2, 0.25) is 0 Å². The van der Waals surface area contributed by atoms with Crippen LogP contribution in [0, 0.1) is 0 Å². The number of aldehydes is 1. The van der Waals surface area contributed by atoms with Crippen LogP contribution in [0.25, 0.3) is 0 Å². The number of rotatable bonds is 6. The monoisotopic (exact) mass is 162 g/mol. The number of carbonyl (C=O) groups is 1.